The first-order valence-electron chi connectivity index (χ1n) is 11.9. The van der Waals surface area contributed by atoms with Crippen LogP contribution in [-0.2, 0) is 0 Å². The zero-order valence-electron chi connectivity index (χ0n) is 21.0. The lowest BCUT2D eigenvalue weighted by Crippen LogP contribution is -2.04. The van der Waals surface area contributed by atoms with Crippen molar-refractivity contribution in [2.45, 2.75) is 6.92 Å². The molecular weight excluding hydrogens is 516 g/mol. The number of hydrogen-bond acceptors (Lipinski definition) is 9. The van der Waals surface area contributed by atoms with Crippen LogP contribution >= 0.6 is 0 Å². The van der Waals surface area contributed by atoms with Crippen molar-refractivity contribution >= 4 is 21.9 Å². The van der Waals surface area contributed by atoms with Gasteiger partial charge in [0.1, 0.15) is 40.9 Å². The van der Waals surface area contributed by atoms with Crippen LogP contribution in [0.4, 0.5) is 0 Å². The van der Waals surface area contributed by atoms with Gasteiger partial charge in [0.15, 0.2) is 22.4 Å². The van der Waals surface area contributed by atoms with Crippen LogP contribution in [0, 0.1) is 6.92 Å². The largest absolute Gasteiger partial charge is 0.508 e. The van der Waals surface area contributed by atoms with Gasteiger partial charge < -0.3 is 34.4 Å². The van der Waals surface area contributed by atoms with Crippen LogP contribution in [-0.4, -0.2) is 25.5 Å². The summed E-state index contributed by atoms with van der Waals surface area (Å²) < 4.78 is 10.7. The van der Waals surface area contributed by atoms with Crippen LogP contribution in [0.5, 0.6) is 28.7 Å². The number of benzene rings is 4. The standard InChI is InChI=1S/C16H12O4.C15H10O5/c1-9-6-10(2-5-14(9)18)13-8-20-15-7-11(17)3-4-12(15)16(13)19;16-9-2-3-10-14(6-9)20-7-11(15(10)19)8-1-4-12(17)13(18)5-8/h2-8,17-18H,1H3;1-7,16-18H. The summed E-state index contributed by atoms with van der Waals surface area (Å²) in [5.41, 5.74) is 2.66. The molecule has 0 aliphatic carbocycles. The molecule has 40 heavy (non-hydrogen) atoms. The second-order valence-corrected chi connectivity index (χ2v) is 9.02. The molecule has 0 atom stereocenters. The molecule has 4 aromatic carbocycles. The predicted molar refractivity (Wildman–Crippen MR) is 149 cm³/mol. The number of phenolic OH excluding ortho intramolecular Hbond substituents is 5. The molecule has 0 aliphatic rings. The maximum absolute atomic E-state index is 12.4. The van der Waals surface area contributed by atoms with Gasteiger partial charge in [0.05, 0.1) is 21.9 Å². The highest BCUT2D eigenvalue weighted by molar-refractivity contribution is 5.84. The van der Waals surface area contributed by atoms with Gasteiger partial charge in [-0.05, 0) is 72.1 Å². The smallest absolute Gasteiger partial charge is 0.200 e. The number of fused-ring (bicyclic) bond motifs is 2. The quantitative estimate of drug-likeness (QED) is 0.173. The molecule has 9 nitrogen and oxygen atoms in total. The normalized spacial score (nSPS) is 10.8. The molecule has 0 radical (unpaired) electrons. The number of hydrogen-bond donors (Lipinski definition) is 5. The Kier molecular flexibility index (Phi) is 6.63. The summed E-state index contributed by atoms with van der Waals surface area (Å²) in [6.45, 7) is 1.76. The van der Waals surface area contributed by atoms with E-state index in [4.69, 9.17) is 8.83 Å². The van der Waals surface area contributed by atoms with E-state index in [1.165, 1.54) is 67.1 Å². The molecule has 0 amide bonds. The third-order valence-corrected chi connectivity index (χ3v) is 6.31. The molecule has 0 saturated carbocycles. The van der Waals surface area contributed by atoms with E-state index < -0.39 is 0 Å². The van der Waals surface area contributed by atoms with E-state index in [-0.39, 0.29) is 50.8 Å². The summed E-state index contributed by atoms with van der Waals surface area (Å²) in [4.78, 5) is 24.8. The topological polar surface area (TPSA) is 162 Å². The minimum absolute atomic E-state index is 0.00989. The fourth-order valence-corrected chi connectivity index (χ4v) is 4.15. The van der Waals surface area contributed by atoms with Gasteiger partial charge in [-0.25, -0.2) is 0 Å². The molecule has 2 heterocycles. The molecular formula is C31H22O9. The molecule has 0 saturated heterocycles. The van der Waals surface area contributed by atoms with E-state index in [2.05, 4.69) is 0 Å². The van der Waals surface area contributed by atoms with Gasteiger partial charge >= 0.3 is 0 Å². The van der Waals surface area contributed by atoms with Gasteiger partial charge in [0.25, 0.3) is 0 Å². The lowest BCUT2D eigenvalue weighted by atomic mass is 10.0. The second-order valence-electron chi connectivity index (χ2n) is 9.02. The van der Waals surface area contributed by atoms with Gasteiger partial charge in [0, 0.05) is 12.1 Å². The second kappa shape index (κ2) is 10.2. The number of aryl methyl sites for hydroxylation is 1. The van der Waals surface area contributed by atoms with Crippen LogP contribution < -0.4 is 10.9 Å². The average molecular weight is 539 g/mol. The SMILES string of the molecule is Cc1cc(-c2coc3cc(O)ccc3c2=O)ccc1O.O=c1c(-c2ccc(O)c(O)c2)coc2cc(O)ccc12. The van der Waals surface area contributed by atoms with Crippen molar-refractivity contribution < 1.29 is 34.4 Å². The van der Waals surface area contributed by atoms with Crippen molar-refractivity contribution in [2.75, 3.05) is 0 Å². The van der Waals surface area contributed by atoms with Crippen LogP contribution in [0.25, 0.3) is 44.2 Å². The average Bonchev–Trinajstić information content (AvgIpc) is 2.93. The van der Waals surface area contributed by atoms with Crippen LogP contribution in [0.3, 0.4) is 0 Å². The zero-order chi connectivity index (χ0) is 28.6. The molecule has 6 aromatic rings. The zero-order valence-corrected chi connectivity index (χ0v) is 21.0. The van der Waals surface area contributed by atoms with Crippen LogP contribution in [0.1, 0.15) is 5.56 Å². The van der Waals surface area contributed by atoms with E-state index in [1.807, 2.05) is 0 Å². The lowest BCUT2D eigenvalue weighted by molar-refractivity contribution is 0.404. The molecule has 0 spiro atoms. The van der Waals surface area contributed by atoms with Crippen LogP contribution in [0.15, 0.2) is 104 Å². The van der Waals surface area contributed by atoms with Crippen molar-refractivity contribution in [2.24, 2.45) is 0 Å². The summed E-state index contributed by atoms with van der Waals surface area (Å²) in [5.74, 6) is -0.329. The first-order chi connectivity index (χ1) is 19.1. The molecule has 0 bridgehead atoms. The number of aromatic hydroxyl groups is 5. The Hall–Kier alpha value is -5.70. The van der Waals surface area contributed by atoms with Gasteiger partial charge in [-0.1, -0.05) is 12.1 Å². The van der Waals surface area contributed by atoms with Crippen molar-refractivity contribution in [3.63, 3.8) is 0 Å². The maximum Gasteiger partial charge on any atom is 0.200 e. The Balaban J connectivity index is 0.000000161. The van der Waals surface area contributed by atoms with E-state index in [0.29, 0.717) is 38.6 Å². The number of phenols is 5. The summed E-state index contributed by atoms with van der Waals surface area (Å²) >= 11 is 0. The summed E-state index contributed by atoms with van der Waals surface area (Å²) in [7, 11) is 0. The number of rotatable bonds is 2. The van der Waals surface area contributed by atoms with Crippen molar-refractivity contribution in [3.05, 3.63) is 111 Å². The fourth-order valence-electron chi connectivity index (χ4n) is 4.15. The third kappa shape index (κ3) is 4.91. The van der Waals surface area contributed by atoms with Crippen molar-refractivity contribution in [1.82, 2.24) is 0 Å². The van der Waals surface area contributed by atoms with E-state index >= 15 is 0 Å². The minimum atomic E-state index is -0.312. The Morgan fingerprint density at radius 1 is 0.525 bits per heavy atom. The van der Waals surface area contributed by atoms with Gasteiger partial charge in [0.2, 0.25) is 0 Å². The summed E-state index contributed by atoms with van der Waals surface area (Å²) in [6, 6.07) is 17.7. The molecule has 6 rings (SSSR count). The Morgan fingerprint density at radius 3 is 1.48 bits per heavy atom. The molecule has 5 N–H and O–H groups in total. The van der Waals surface area contributed by atoms with Crippen LogP contribution in [0.2, 0.25) is 0 Å². The monoisotopic (exact) mass is 538 g/mol. The van der Waals surface area contributed by atoms with Crippen molar-refractivity contribution in [3.8, 4) is 51.0 Å². The third-order valence-electron chi connectivity index (χ3n) is 6.31. The molecule has 9 heteroatoms. The van der Waals surface area contributed by atoms with Gasteiger partial charge in [-0.2, -0.15) is 0 Å². The summed E-state index contributed by atoms with van der Waals surface area (Å²) in [5, 5.41) is 47.8. The predicted octanol–water partition coefficient (Wildman–Crippen LogP) is 5.76. The maximum atomic E-state index is 12.4. The first-order valence-corrected chi connectivity index (χ1v) is 11.9. The first kappa shape index (κ1) is 25.9. The molecule has 0 aliphatic heterocycles. The molecule has 0 unspecified atom stereocenters. The van der Waals surface area contributed by atoms with Gasteiger partial charge in [-0.3, -0.25) is 9.59 Å². The summed E-state index contributed by atoms with van der Waals surface area (Å²) in [6.07, 6.45) is 2.63. The van der Waals surface area contributed by atoms with E-state index in [0.717, 1.165) is 0 Å². The minimum Gasteiger partial charge on any atom is -0.508 e. The van der Waals surface area contributed by atoms with Gasteiger partial charge in [-0.15, -0.1) is 0 Å². The Morgan fingerprint density at radius 2 is 1.00 bits per heavy atom. The fraction of sp³-hybridized carbons (Fsp3) is 0.0323. The Bertz CT molecular complexity index is 1870. The van der Waals surface area contributed by atoms with E-state index in [1.54, 1.807) is 25.1 Å². The van der Waals surface area contributed by atoms with E-state index in [9.17, 15) is 35.1 Å². The lowest BCUT2D eigenvalue weighted by Gasteiger charge is -2.05. The Labute approximate surface area is 225 Å². The van der Waals surface area contributed by atoms with Crippen molar-refractivity contribution in [1.29, 1.82) is 0 Å². The highest BCUT2D eigenvalue weighted by atomic mass is 16.3. The highest BCUT2D eigenvalue weighted by Gasteiger charge is 2.12. The molecule has 200 valence electrons. The highest BCUT2D eigenvalue weighted by Crippen LogP contribution is 2.30. The molecule has 0 fully saturated rings. The molecule has 2 aromatic heterocycles.